The van der Waals surface area contributed by atoms with Gasteiger partial charge in [0.05, 0.1) is 12.4 Å². The lowest BCUT2D eigenvalue weighted by Gasteiger charge is -2.25. The number of nitrogens with two attached hydrogens (primary N) is 1. The number of para-hydroxylation sites is 1. The number of nitrogens with one attached hydrogen (secondary N) is 5. The maximum Gasteiger partial charge on any atom is 0.327 e. The summed E-state index contributed by atoms with van der Waals surface area (Å²) in [6, 6.07) is 3.27. The molecule has 0 fully saturated rings. The fourth-order valence-corrected chi connectivity index (χ4v) is 4.68. The molecule has 0 spiro atoms. The van der Waals surface area contributed by atoms with Gasteiger partial charge in [0.25, 0.3) is 0 Å². The molecule has 14 heteroatoms. The highest BCUT2D eigenvalue weighted by atomic mass is 32.2. The number of benzene rings is 1. The van der Waals surface area contributed by atoms with Crippen LogP contribution in [0.4, 0.5) is 0 Å². The quantitative estimate of drug-likeness (QED) is 0.118. The fraction of sp³-hybridized carbons (Fsp3) is 0.400. The summed E-state index contributed by atoms with van der Waals surface area (Å²) in [7, 11) is 0. The molecule has 0 aliphatic rings. The summed E-state index contributed by atoms with van der Waals surface area (Å²) in [5.41, 5.74) is 8.26. The summed E-state index contributed by atoms with van der Waals surface area (Å²) in [5, 5.41) is 18.1. The Morgan fingerprint density at radius 3 is 2.33 bits per heavy atom. The van der Waals surface area contributed by atoms with Crippen LogP contribution in [0.1, 0.15) is 17.7 Å². The summed E-state index contributed by atoms with van der Waals surface area (Å²) >= 11 is 5.54. The molecule has 4 unspecified atom stereocenters. The number of carboxylic acids is 1. The van der Waals surface area contributed by atoms with Gasteiger partial charge in [0, 0.05) is 47.6 Å². The van der Waals surface area contributed by atoms with Crippen LogP contribution in [-0.4, -0.2) is 85.7 Å². The molecule has 3 aromatic rings. The lowest BCUT2D eigenvalue weighted by Crippen LogP contribution is -2.58. The number of hydrogen-bond acceptors (Lipinski definition) is 8. The van der Waals surface area contributed by atoms with Crippen LogP contribution in [0.15, 0.2) is 43.0 Å². The zero-order valence-corrected chi connectivity index (χ0v) is 23.1. The van der Waals surface area contributed by atoms with Crippen LogP contribution in [-0.2, 0) is 32.0 Å². The van der Waals surface area contributed by atoms with E-state index in [4.69, 9.17) is 5.73 Å². The van der Waals surface area contributed by atoms with E-state index in [1.54, 1.807) is 18.0 Å². The number of carbonyl (C=O) groups excluding carboxylic acids is 3. The van der Waals surface area contributed by atoms with E-state index in [2.05, 4.69) is 43.5 Å². The van der Waals surface area contributed by atoms with Crippen molar-refractivity contribution >= 4 is 59.0 Å². The summed E-state index contributed by atoms with van der Waals surface area (Å²) in [4.78, 5) is 61.0. The number of nitrogens with zero attached hydrogens (tertiary/aromatic N) is 1. The lowest BCUT2D eigenvalue weighted by atomic mass is 10.0. The third-order valence-electron chi connectivity index (χ3n) is 6.11. The van der Waals surface area contributed by atoms with Crippen LogP contribution in [0.5, 0.6) is 0 Å². The van der Waals surface area contributed by atoms with Crippen molar-refractivity contribution in [3.63, 3.8) is 0 Å². The maximum atomic E-state index is 13.6. The number of aliphatic carboxylic acids is 1. The number of H-pyrrole nitrogens is 2. The van der Waals surface area contributed by atoms with Gasteiger partial charge in [-0.25, -0.2) is 9.78 Å². The highest BCUT2D eigenvalue weighted by Gasteiger charge is 2.31. The zero-order chi connectivity index (χ0) is 28.4. The number of imidazole rings is 1. The average molecular weight is 576 g/mol. The number of thiol groups is 1. The molecule has 3 rings (SSSR count). The van der Waals surface area contributed by atoms with Crippen LogP contribution < -0.4 is 21.7 Å². The molecule has 0 saturated heterocycles. The van der Waals surface area contributed by atoms with Gasteiger partial charge in [0.2, 0.25) is 17.7 Å². The van der Waals surface area contributed by atoms with Crippen LogP contribution in [0.3, 0.4) is 0 Å². The third-order valence-corrected chi connectivity index (χ3v) is 7.12. The smallest absolute Gasteiger partial charge is 0.327 e. The molecule has 210 valence electrons. The number of amides is 3. The molecule has 12 nitrogen and oxygen atoms in total. The van der Waals surface area contributed by atoms with Gasteiger partial charge >= 0.3 is 5.97 Å². The van der Waals surface area contributed by atoms with Gasteiger partial charge in [-0.2, -0.15) is 24.4 Å². The molecule has 0 aliphatic heterocycles. The first-order valence-electron chi connectivity index (χ1n) is 12.2. The van der Waals surface area contributed by atoms with Crippen molar-refractivity contribution in [3.8, 4) is 0 Å². The standard InChI is InChI=1S/C25H33N7O5S2/c1-39-7-6-17(26)22(33)30-19(8-14-10-28-18-5-3-2-4-16(14)18)23(34)31-20(9-15-11-27-13-29-15)24(35)32-21(12-38)25(36)37/h2-5,10-11,13,17,19-21,28,38H,6-9,12,26H2,1H3,(H,27,29)(H,30,33)(H,31,34)(H,32,35)(H,36,37). The predicted octanol–water partition coefficient (Wildman–Crippen LogP) is 0.225. The highest BCUT2D eigenvalue weighted by molar-refractivity contribution is 7.98. The first-order valence-corrected chi connectivity index (χ1v) is 14.3. The number of carbonyl (C=O) groups is 4. The van der Waals surface area contributed by atoms with E-state index in [9.17, 15) is 24.3 Å². The molecule has 0 saturated carbocycles. The molecule has 0 aliphatic carbocycles. The average Bonchev–Trinajstić information content (AvgIpc) is 3.59. The van der Waals surface area contributed by atoms with Gasteiger partial charge < -0.3 is 36.8 Å². The normalized spacial score (nSPS) is 14.2. The molecule has 39 heavy (non-hydrogen) atoms. The zero-order valence-electron chi connectivity index (χ0n) is 21.3. The molecule has 1 aromatic carbocycles. The second-order valence-electron chi connectivity index (χ2n) is 8.94. The van der Waals surface area contributed by atoms with E-state index < -0.39 is 47.9 Å². The molecular formula is C25H33N7O5S2. The summed E-state index contributed by atoms with van der Waals surface area (Å²) in [6.07, 6.45) is 7.17. The number of thioether (sulfide) groups is 1. The lowest BCUT2D eigenvalue weighted by molar-refractivity contribution is -0.141. The second kappa shape index (κ2) is 14.6. The van der Waals surface area contributed by atoms with E-state index in [0.717, 1.165) is 16.5 Å². The minimum atomic E-state index is -1.26. The molecular weight excluding hydrogens is 542 g/mol. The Balaban J connectivity index is 1.85. The van der Waals surface area contributed by atoms with E-state index in [1.165, 1.54) is 12.5 Å². The van der Waals surface area contributed by atoms with E-state index in [-0.39, 0.29) is 18.6 Å². The third kappa shape index (κ3) is 8.50. The molecule has 4 atom stereocenters. The van der Waals surface area contributed by atoms with Gasteiger partial charge in [-0.1, -0.05) is 18.2 Å². The number of rotatable bonds is 15. The van der Waals surface area contributed by atoms with Gasteiger partial charge in [0.15, 0.2) is 0 Å². The molecule has 2 aromatic heterocycles. The van der Waals surface area contributed by atoms with Crippen molar-refractivity contribution in [2.75, 3.05) is 17.8 Å². The van der Waals surface area contributed by atoms with Gasteiger partial charge in [-0.3, -0.25) is 14.4 Å². The molecule has 8 N–H and O–H groups in total. The van der Waals surface area contributed by atoms with Gasteiger partial charge in [0.1, 0.15) is 18.1 Å². The monoisotopic (exact) mass is 575 g/mol. The number of aromatic amines is 2. The first kappa shape index (κ1) is 30.1. The van der Waals surface area contributed by atoms with E-state index in [1.807, 2.05) is 30.5 Å². The van der Waals surface area contributed by atoms with Crippen LogP contribution >= 0.6 is 24.4 Å². The molecule has 3 amide bonds. The number of carboxylic acid groups (broad SMARTS) is 1. The van der Waals surface area contributed by atoms with Crippen molar-refractivity contribution in [3.05, 3.63) is 54.2 Å². The van der Waals surface area contributed by atoms with Crippen molar-refractivity contribution < 1.29 is 24.3 Å². The maximum absolute atomic E-state index is 13.6. The Morgan fingerprint density at radius 2 is 1.69 bits per heavy atom. The summed E-state index contributed by atoms with van der Waals surface area (Å²) in [5.74, 6) is -2.54. The van der Waals surface area contributed by atoms with Crippen molar-refractivity contribution in [1.82, 2.24) is 30.9 Å². The number of aromatic nitrogens is 3. The summed E-state index contributed by atoms with van der Waals surface area (Å²) < 4.78 is 0. The topological polar surface area (TPSA) is 195 Å². The Bertz CT molecular complexity index is 1270. The largest absolute Gasteiger partial charge is 0.480 e. The van der Waals surface area contributed by atoms with Crippen LogP contribution in [0.25, 0.3) is 10.9 Å². The second-order valence-corrected chi connectivity index (χ2v) is 10.3. The number of fused-ring (bicyclic) bond motifs is 1. The Hall–Kier alpha value is -3.49. The predicted molar refractivity (Wildman–Crippen MR) is 153 cm³/mol. The van der Waals surface area contributed by atoms with Crippen molar-refractivity contribution in [2.24, 2.45) is 5.73 Å². The van der Waals surface area contributed by atoms with Crippen molar-refractivity contribution in [1.29, 1.82) is 0 Å². The van der Waals surface area contributed by atoms with Crippen LogP contribution in [0.2, 0.25) is 0 Å². The molecule has 0 bridgehead atoms. The van der Waals surface area contributed by atoms with Crippen molar-refractivity contribution in [2.45, 2.75) is 43.4 Å². The minimum absolute atomic E-state index is 0.0114. The first-order chi connectivity index (χ1) is 18.7. The van der Waals surface area contributed by atoms with Gasteiger partial charge in [-0.15, -0.1) is 0 Å². The Kier molecular flexibility index (Phi) is 11.3. The van der Waals surface area contributed by atoms with Gasteiger partial charge in [-0.05, 0) is 30.1 Å². The molecule has 0 radical (unpaired) electrons. The van der Waals surface area contributed by atoms with Crippen LogP contribution in [0, 0.1) is 0 Å². The Morgan fingerprint density at radius 1 is 1.03 bits per heavy atom. The Labute approximate surface area is 235 Å². The minimum Gasteiger partial charge on any atom is -0.480 e. The SMILES string of the molecule is CSCCC(N)C(=O)NC(Cc1c[nH]c2ccccc12)C(=O)NC(Cc1cnc[nH]1)C(=O)NC(CS)C(=O)O. The van der Waals surface area contributed by atoms with E-state index >= 15 is 0 Å². The highest BCUT2D eigenvalue weighted by Crippen LogP contribution is 2.19. The number of hydrogen-bond donors (Lipinski definition) is 8. The summed E-state index contributed by atoms with van der Waals surface area (Å²) in [6.45, 7) is 0. The molecule has 2 heterocycles. The van der Waals surface area contributed by atoms with E-state index in [0.29, 0.717) is 17.9 Å². The fourth-order valence-electron chi connectivity index (χ4n) is 3.94.